The number of piperazine rings is 1. The molecule has 7 nitrogen and oxygen atoms in total. The van der Waals surface area contributed by atoms with E-state index in [9.17, 15) is 4.79 Å². The first kappa shape index (κ1) is 16.9. The lowest BCUT2D eigenvalue weighted by Gasteiger charge is -2.34. The Balaban J connectivity index is 1.37. The van der Waals surface area contributed by atoms with Gasteiger partial charge in [0.25, 0.3) is 0 Å². The summed E-state index contributed by atoms with van der Waals surface area (Å²) in [4.78, 5) is 24.9. The molecule has 8 heteroatoms. The molecule has 1 saturated heterocycles. The van der Waals surface area contributed by atoms with Crippen molar-refractivity contribution < 1.29 is 4.79 Å². The Labute approximate surface area is 145 Å². The average molecular weight is 346 g/mol. The monoisotopic (exact) mass is 346 g/mol. The molecule has 24 heavy (non-hydrogen) atoms. The van der Waals surface area contributed by atoms with E-state index in [1.807, 2.05) is 24.2 Å². The van der Waals surface area contributed by atoms with Crippen LogP contribution >= 0.6 is 11.8 Å². The van der Waals surface area contributed by atoms with Crippen molar-refractivity contribution in [2.75, 3.05) is 38.5 Å². The second-order valence-corrected chi connectivity index (χ2v) is 6.76. The van der Waals surface area contributed by atoms with Crippen LogP contribution in [-0.4, -0.2) is 74.3 Å². The molecule has 2 aromatic heterocycles. The maximum absolute atomic E-state index is 12.3. The van der Waals surface area contributed by atoms with Gasteiger partial charge in [0.1, 0.15) is 5.82 Å². The number of nitrogens with one attached hydrogen (secondary N) is 1. The number of pyridine rings is 1. The summed E-state index contributed by atoms with van der Waals surface area (Å²) in [6.45, 7) is 6.33. The fourth-order valence-electron chi connectivity index (χ4n) is 2.66. The Hall–Kier alpha value is -1.93. The Morgan fingerprint density at radius 2 is 2.00 bits per heavy atom. The van der Waals surface area contributed by atoms with Crippen LogP contribution in [0.2, 0.25) is 0 Å². The van der Waals surface area contributed by atoms with Gasteiger partial charge >= 0.3 is 0 Å². The number of H-pyrrole nitrogens is 1. The molecule has 0 atom stereocenters. The third-order valence-electron chi connectivity index (χ3n) is 4.09. The van der Waals surface area contributed by atoms with E-state index in [0.29, 0.717) is 10.9 Å². The van der Waals surface area contributed by atoms with Gasteiger partial charge in [0.05, 0.1) is 5.75 Å². The fourth-order valence-corrected chi connectivity index (χ4v) is 3.41. The standard InChI is InChI=1S/C16H22N6OS/c1-13-18-16(20-19-13)24-12-15(23)22-10-8-21(9-11-22)7-4-14-2-5-17-6-3-14/h2-3,5-6H,4,7-12H2,1H3,(H,18,19,20). The van der Waals surface area contributed by atoms with Crippen LogP contribution in [0.3, 0.4) is 0 Å². The van der Waals surface area contributed by atoms with Crippen molar-refractivity contribution in [1.29, 1.82) is 0 Å². The molecular weight excluding hydrogens is 324 g/mol. The molecule has 1 amide bonds. The number of aromatic amines is 1. The zero-order valence-corrected chi connectivity index (χ0v) is 14.6. The highest BCUT2D eigenvalue weighted by molar-refractivity contribution is 7.99. The summed E-state index contributed by atoms with van der Waals surface area (Å²) in [6.07, 6.45) is 4.69. The molecule has 0 saturated carbocycles. The SMILES string of the molecule is Cc1nc(SCC(=O)N2CCN(CCc3ccncc3)CC2)n[nH]1. The molecule has 128 valence electrons. The third kappa shape index (κ3) is 4.78. The molecule has 0 aromatic carbocycles. The summed E-state index contributed by atoms with van der Waals surface area (Å²) in [5.41, 5.74) is 1.31. The molecule has 0 spiro atoms. The maximum atomic E-state index is 12.3. The molecule has 1 fully saturated rings. The number of aryl methyl sites for hydroxylation is 1. The van der Waals surface area contributed by atoms with Crippen LogP contribution in [0.15, 0.2) is 29.7 Å². The first-order valence-electron chi connectivity index (χ1n) is 8.11. The van der Waals surface area contributed by atoms with Crippen LogP contribution in [0.25, 0.3) is 0 Å². The molecular formula is C16H22N6OS. The van der Waals surface area contributed by atoms with Crippen molar-refractivity contribution in [3.05, 3.63) is 35.9 Å². The lowest BCUT2D eigenvalue weighted by molar-refractivity contribution is -0.130. The minimum absolute atomic E-state index is 0.163. The minimum Gasteiger partial charge on any atom is -0.339 e. The number of aromatic nitrogens is 4. The Morgan fingerprint density at radius 1 is 1.25 bits per heavy atom. The number of hydrogen-bond donors (Lipinski definition) is 1. The van der Waals surface area contributed by atoms with Gasteiger partial charge in [0.2, 0.25) is 11.1 Å². The topological polar surface area (TPSA) is 78.0 Å². The van der Waals surface area contributed by atoms with E-state index in [1.54, 1.807) is 0 Å². The number of carbonyl (C=O) groups is 1. The number of carbonyl (C=O) groups excluding carboxylic acids is 1. The molecule has 0 aliphatic carbocycles. The first-order valence-corrected chi connectivity index (χ1v) is 9.10. The molecule has 3 heterocycles. The number of rotatable bonds is 6. The Bertz CT molecular complexity index is 654. The molecule has 0 radical (unpaired) electrons. The molecule has 0 bridgehead atoms. The maximum Gasteiger partial charge on any atom is 0.233 e. The van der Waals surface area contributed by atoms with Gasteiger partial charge < -0.3 is 4.90 Å². The lowest BCUT2D eigenvalue weighted by atomic mass is 10.2. The van der Waals surface area contributed by atoms with Crippen molar-refractivity contribution in [3.8, 4) is 0 Å². The van der Waals surface area contributed by atoms with Gasteiger partial charge in [-0.2, -0.15) is 0 Å². The van der Waals surface area contributed by atoms with Crippen LogP contribution in [0.4, 0.5) is 0 Å². The van der Waals surface area contributed by atoms with Crippen LogP contribution in [0.5, 0.6) is 0 Å². The number of hydrogen-bond acceptors (Lipinski definition) is 6. The molecule has 1 aliphatic rings. The van der Waals surface area contributed by atoms with Gasteiger partial charge in [0.15, 0.2) is 0 Å². The van der Waals surface area contributed by atoms with Gasteiger partial charge in [-0.1, -0.05) is 11.8 Å². The highest BCUT2D eigenvalue weighted by Gasteiger charge is 2.21. The third-order valence-corrected chi connectivity index (χ3v) is 4.92. The van der Waals surface area contributed by atoms with E-state index in [2.05, 4.69) is 37.2 Å². The summed E-state index contributed by atoms with van der Waals surface area (Å²) in [5, 5.41) is 7.47. The predicted molar refractivity (Wildman–Crippen MR) is 92.8 cm³/mol. The van der Waals surface area contributed by atoms with Gasteiger partial charge in [-0.3, -0.25) is 19.8 Å². The smallest absolute Gasteiger partial charge is 0.233 e. The zero-order chi connectivity index (χ0) is 16.8. The second kappa shape index (κ2) is 8.25. The summed E-state index contributed by atoms with van der Waals surface area (Å²) in [7, 11) is 0. The predicted octanol–water partition coefficient (Wildman–Crippen LogP) is 0.987. The van der Waals surface area contributed by atoms with Crippen molar-refractivity contribution in [1.82, 2.24) is 30.0 Å². The molecule has 1 N–H and O–H groups in total. The summed E-state index contributed by atoms with van der Waals surface area (Å²) in [5.74, 6) is 1.33. The van der Waals surface area contributed by atoms with Gasteiger partial charge in [-0.05, 0) is 31.0 Å². The second-order valence-electron chi connectivity index (χ2n) is 5.82. The summed E-state index contributed by atoms with van der Waals surface area (Å²) in [6, 6.07) is 4.11. The van der Waals surface area contributed by atoms with Crippen LogP contribution in [-0.2, 0) is 11.2 Å². The van der Waals surface area contributed by atoms with Crippen molar-refractivity contribution in [2.45, 2.75) is 18.5 Å². The highest BCUT2D eigenvalue weighted by atomic mass is 32.2. The van der Waals surface area contributed by atoms with E-state index in [-0.39, 0.29) is 5.91 Å². The van der Waals surface area contributed by atoms with Gasteiger partial charge in [-0.15, -0.1) is 5.10 Å². The Morgan fingerprint density at radius 3 is 2.67 bits per heavy atom. The first-order chi connectivity index (χ1) is 11.7. The molecule has 0 unspecified atom stereocenters. The van der Waals surface area contributed by atoms with Crippen LogP contribution < -0.4 is 0 Å². The quantitative estimate of drug-likeness (QED) is 0.786. The van der Waals surface area contributed by atoms with E-state index in [1.165, 1.54) is 17.3 Å². The summed E-state index contributed by atoms with van der Waals surface area (Å²) < 4.78 is 0. The van der Waals surface area contributed by atoms with E-state index < -0.39 is 0 Å². The van der Waals surface area contributed by atoms with E-state index >= 15 is 0 Å². The van der Waals surface area contributed by atoms with E-state index in [4.69, 9.17) is 0 Å². The number of thioether (sulfide) groups is 1. The van der Waals surface area contributed by atoms with Crippen LogP contribution in [0.1, 0.15) is 11.4 Å². The normalized spacial score (nSPS) is 15.6. The van der Waals surface area contributed by atoms with E-state index in [0.717, 1.165) is 45.0 Å². The van der Waals surface area contributed by atoms with Crippen LogP contribution in [0, 0.1) is 6.92 Å². The Kier molecular flexibility index (Phi) is 5.81. The number of amides is 1. The summed E-state index contributed by atoms with van der Waals surface area (Å²) >= 11 is 1.39. The zero-order valence-electron chi connectivity index (χ0n) is 13.8. The van der Waals surface area contributed by atoms with Crippen molar-refractivity contribution >= 4 is 17.7 Å². The largest absolute Gasteiger partial charge is 0.339 e. The van der Waals surface area contributed by atoms with Crippen molar-refractivity contribution in [3.63, 3.8) is 0 Å². The fraction of sp³-hybridized carbons (Fsp3) is 0.500. The molecule has 2 aromatic rings. The average Bonchev–Trinajstić information content (AvgIpc) is 3.04. The molecule has 1 aliphatic heterocycles. The minimum atomic E-state index is 0.163. The lowest BCUT2D eigenvalue weighted by Crippen LogP contribution is -2.49. The van der Waals surface area contributed by atoms with Gasteiger partial charge in [-0.25, -0.2) is 4.98 Å². The number of nitrogens with zero attached hydrogens (tertiary/aromatic N) is 5. The van der Waals surface area contributed by atoms with Crippen molar-refractivity contribution in [2.24, 2.45) is 0 Å². The molecule has 3 rings (SSSR count). The highest BCUT2D eigenvalue weighted by Crippen LogP contribution is 2.14. The van der Waals surface area contributed by atoms with Gasteiger partial charge in [0, 0.05) is 45.1 Å².